The summed E-state index contributed by atoms with van der Waals surface area (Å²) in [5, 5.41) is 12.7. The summed E-state index contributed by atoms with van der Waals surface area (Å²) in [5.74, 6) is 0. The smallest absolute Gasteiger partial charge is 0.407 e. The highest BCUT2D eigenvalue weighted by molar-refractivity contribution is 5.68. The van der Waals surface area contributed by atoms with E-state index in [9.17, 15) is 9.90 Å². The van der Waals surface area contributed by atoms with Gasteiger partial charge in [-0.2, -0.15) is 0 Å². The zero-order chi connectivity index (χ0) is 13.8. The molecule has 100 valence electrons. The molecule has 0 spiro atoms. The summed E-state index contributed by atoms with van der Waals surface area (Å²) in [5.41, 5.74) is 0.225. The summed E-state index contributed by atoms with van der Waals surface area (Å²) in [6.45, 7) is 7.13. The lowest BCUT2D eigenvalue weighted by Gasteiger charge is -2.24. The molecule has 0 fully saturated rings. The fourth-order valence-corrected chi connectivity index (χ4v) is 1.51. The molecule has 18 heavy (non-hydrogen) atoms. The molecule has 2 atom stereocenters. The number of carbonyl (C=O) groups is 1. The molecule has 4 heteroatoms. The van der Waals surface area contributed by atoms with E-state index in [-0.39, 0.29) is 0 Å². The number of carbonyl (C=O) groups excluding carboxylic acids is 1. The van der Waals surface area contributed by atoms with Crippen LogP contribution >= 0.6 is 0 Å². The molecule has 1 amide bonds. The standard InChI is InChI=1S/C14H21NO3/c1-10(15-13(17)18-14(2,3)4)12(16)11-8-6-5-7-9-11/h5-10,12,16H,1-4H3,(H,15,17)/t10-,12+/m1/s1. The molecule has 0 aliphatic carbocycles. The quantitative estimate of drug-likeness (QED) is 0.868. The maximum Gasteiger partial charge on any atom is 0.407 e. The van der Waals surface area contributed by atoms with E-state index in [0.717, 1.165) is 5.56 Å². The van der Waals surface area contributed by atoms with Crippen LogP contribution in [0.1, 0.15) is 39.4 Å². The predicted molar refractivity (Wildman–Crippen MR) is 70.2 cm³/mol. The monoisotopic (exact) mass is 251 g/mol. The van der Waals surface area contributed by atoms with Crippen molar-refractivity contribution in [3.8, 4) is 0 Å². The third-order valence-electron chi connectivity index (χ3n) is 2.36. The lowest BCUT2D eigenvalue weighted by molar-refractivity contribution is 0.0436. The first-order chi connectivity index (χ1) is 8.29. The van der Waals surface area contributed by atoms with Crippen molar-refractivity contribution < 1.29 is 14.6 Å². The summed E-state index contributed by atoms with van der Waals surface area (Å²) >= 11 is 0. The van der Waals surface area contributed by atoms with E-state index in [2.05, 4.69) is 5.32 Å². The largest absolute Gasteiger partial charge is 0.444 e. The highest BCUT2D eigenvalue weighted by Crippen LogP contribution is 2.16. The number of hydrogen-bond donors (Lipinski definition) is 2. The third-order valence-corrected chi connectivity index (χ3v) is 2.36. The number of hydrogen-bond acceptors (Lipinski definition) is 3. The first-order valence-electron chi connectivity index (χ1n) is 6.02. The van der Waals surface area contributed by atoms with E-state index < -0.39 is 23.8 Å². The average Bonchev–Trinajstić information content (AvgIpc) is 2.26. The molecule has 2 N–H and O–H groups in total. The van der Waals surface area contributed by atoms with Crippen LogP contribution in [0.5, 0.6) is 0 Å². The van der Waals surface area contributed by atoms with Gasteiger partial charge in [-0.05, 0) is 33.3 Å². The second-order valence-electron chi connectivity index (χ2n) is 5.29. The summed E-state index contributed by atoms with van der Waals surface area (Å²) in [6.07, 6.45) is -1.27. The van der Waals surface area contributed by atoms with Crippen molar-refractivity contribution in [1.82, 2.24) is 5.32 Å². The Bertz CT molecular complexity index is 384. The maximum atomic E-state index is 11.6. The van der Waals surface area contributed by atoms with E-state index >= 15 is 0 Å². The van der Waals surface area contributed by atoms with Gasteiger partial charge >= 0.3 is 6.09 Å². The van der Waals surface area contributed by atoms with Gasteiger partial charge in [-0.1, -0.05) is 30.3 Å². The Morgan fingerprint density at radius 1 is 1.28 bits per heavy atom. The summed E-state index contributed by atoms with van der Waals surface area (Å²) in [7, 11) is 0. The van der Waals surface area contributed by atoms with Gasteiger partial charge in [0.05, 0.1) is 12.1 Å². The number of nitrogens with one attached hydrogen (secondary N) is 1. The van der Waals surface area contributed by atoms with Gasteiger partial charge in [-0.25, -0.2) is 4.79 Å². The molecule has 4 nitrogen and oxygen atoms in total. The van der Waals surface area contributed by atoms with Crippen LogP contribution in [0.15, 0.2) is 30.3 Å². The number of alkyl carbamates (subject to hydrolysis) is 1. The van der Waals surface area contributed by atoms with E-state index in [1.54, 1.807) is 27.7 Å². The van der Waals surface area contributed by atoms with Crippen molar-refractivity contribution in [2.75, 3.05) is 0 Å². The zero-order valence-electron chi connectivity index (χ0n) is 11.3. The lowest BCUT2D eigenvalue weighted by Crippen LogP contribution is -2.40. The van der Waals surface area contributed by atoms with Crippen molar-refractivity contribution in [2.45, 2.75) is 45.4 Å². The summed E-state index contributed by atoms with van der Waals surface area (Å²) in [6, 6.07) is 8.79. The minimum Gasteiger partial charge on any atom is -0.444 e. The fraction of sp³-hybridized carbons (Fsp3) is 0.500. The van der Waals surface area contributed by atoms with E-state index in [1.807, 2.05) is 30.3 Å². The van der Waals surface area contributed by atoms with Gasteiger partial charge in [0, 0.05) is 0 Å². The summed E-state index contributed by atoms with van der Waals surface area (Å²) < 4.78 is 5.13. The number of aliphatic hydroxyl groups is 1. The van der Waals surface area contributed by atoms with Gasteiger partial charge in [0.1, 0.15) is 5.60 Å². The van der Waals surface area contributed by atoms with Crippen LogP contribution < -0.4 is 5.32 Å². The molecular weight excluding hydrogens is 230 g/mol. The molecule has 0 aliphatic rings. The SMILES string of the molecule is C[C@@H](NC(=O)OC(C)(C)C)[C@H](O)c1ccccc1. The van der Waals surface area contributed by atoms with Crippen molar-refractivity contribution in [3.63, 3.8) is 0 Å². The van der Waals surface area contributed by atoms with E-state index in [0.29, 0.717) is 0 Å². The molecule has 0 saturated heterocycles. The fourth-order valence-electron chi connectivity index (χ4n) is 1.51. The van der Waals surface area contributed by atoms with Crippen LogP contribution in [0.3, 0.4) is 0 Å². The van der Waals surface area contributed by atoms with Gasteiger partial charge in [-0.3, -0.25) is 0 Å². The van der Waals surface area contributed by atoms with Crippen LogP contribution in [0.25, 0.3) is 0 Å². The topological polar surface area (TPSA) is 58.6 Å². The number of aliphatic hydroxyl groups excluding tert-OH is 1. The first-order valence-corrected chi connectivity index (χ1v) is 6.02. The second-order valence-corrected chi connectivity index (χ2v) is 5.29. The maximum absolute atomic E-state index is 11.6. The molecule has 0 radical (unpaired) electrons. The third kappa shape index (κ3) is 4.75. The van der Waals surface area contributed by atoms with Crippen molar-refractivity contribution in [1.29, 1.82) is 0 Å². The Balaban J connectivity index is 2.55. The van der Waals surface area contributed by atoms with Crippen molar-refractivity contribution >= 4 is 6.09 Å². The van der Waals surface area contributed by atoms with Crippen molar-refractivity contribution in [3.05, 3.63) is 35.9 Å². The number of ether oxygens (including phenoxy) is 1. The zero-order valence-corrected chi connectivity index (χ0v) is 11.3. The van der Waals surface area contributed by atoms with Gasteiger partial charge in [0.2, 0.25) is 0 Å². The number of amides is 1. The molecular formula is C14H21NO3. The van der Waals surface area contributed by atoms with Gasteiger partial charge in [0.25, 0.3) is 0 Å². The Kier molecular flexibility index (Phi) is 4.73. The molecule has 0 bridgehead atoms. The minimum atomic E-state index is -0.751. The Morgan fingerprint density at radius 2 is 1.83 bits per heavy atom. The average molecular weight is 251 g/mol. The number of benzene rings is 1. The molecule has 0 heterocycles. The van der Waals surface area contributed by atoms with E-state index in [1.165, 1.54) is 0 Å². The Morgan fingerprint density at radius 3 is 2.33 bits per heavy atom. The van der Waals surface area contributed by atoms with Crippen molar-refractivity contribution in [2.24, 2.45) is 0 Å². The summed E-state index contributed by atoms with van der Waals surface area (Å²) in [4.78, 5) is 11.6. The van der Waals surface area contributed by atoms with Gasteiger partial charge < -0.3 is 15.2 Å². The Hall–Kier alpha value is -1.55. The minimum absolute atomic E-state index is 0.415. The van der Waals surface area contributed by atoms with Crippen LogP contribution in [0.2, 0.25) is 0 Å². The molecule has 0 aliphatic heterocycles. The van der Waals surface area contributed by atoms with Gasteiger partial charge in [0.15, 0.2) is 0 Å². The first kappa shape index (κ1) is 14.5. The molecule has 1 aromatic rings. The molecule has 0 aromatic heterocycles. The second kappa shape index (κ2) is 5.87. The lowest BCUT2D eigenvalue weighted by atomic mass is 10.0. The molecule has 1 aromatic carbocycles. The molecule has 0 unspecified atom stereocenters. The Labute approximate surface area is 108 Å². The van der Waals surface area contributed by atoms with Gasteiger partial charge in [-0.15, -0.1) is 0 Å². The number of rotatable bonds is 3. The predicted octanol–water partition coefficient (Wildman–Crippen LogP) is 2.63. The highest BCUT2D eigenvalue weighted by Gasteiger charge is 2.22. The van der Waals surface area contributed by atoms with Crippen LogP contribution in [-0.4, -0.2) is 22.8 Å². The normalized spacial score (nSPS) is 14.7. The van der Waals surface area contributed by atoms with Crippen LogP contribution in [0.4, 0.5) is 4.79 Å². The van der Waals surface area contributed by atoms with Crippen LogP contribution in [-0.2, 0) is 4.74 Å². The molecule has 1 rings (SSSR count). The van der Waals surface area contributed by atoms with E-state index in [4.69, 9.17) is 4.74 Å². The molecule has 0 saturated carbocycles. The highest BCUT2D eigenvalue weighted by atomic mass is 16.6. The van der Waals surface area contributed by atoms with Crippen LogP contribution in [0, 0.1) is 0 Å².